The number of carboxylic acid groups (broad SMARTS) is 1. The highest BCUT2D eigenvalue weighted by Gasteiger charge is 2.55. The number of carboxylic acids is 1. The zero-order valence-electron chi connectivity index (χ0n) is 19.5. The molecule has 2 aromatic carbocycles. The van der Waals surface area contributed by atoms with Crippen molar-refractivity contribution in [3.05, 3.63) is 69.7 Å². The predicted molar refractivity (Wildman–Crippen MR) is 133 cm³/mol. The zero-order valence-corrected chi connectivity index (χ0v) is 21.0. The number of hydrogen-bond donors (Lipinski definition) is 2. The molecule has 1 aliphatic carbocycles. The average Bonchev–Trinajstić information content (AvgIpc) is 3.62. The summed E-state index contributed by atoms with van der Waals surface area (Å²) in [7, 11) is 0. The second-order valence-corrected chi connectivity index (χ2v) is 10.9. The number of hydrogen-bond acceptors (Lipinski definition) is 3. The minimum Gasteiger partial charge on any atom is -0.481 e. The quantitative estimate of drug-likeness (QED) is 0.457. The van der Waals surface area contributed by atoms with Crippen LogP contribution >= 0.6 is 23.2 Å². The first-order valence-electron chi connectivity index (χ1n) is 11.9. The number of benzene rings is 2. The highest BCUT2D eigenvalue weighted by Crippen LogP contribution is 2.54. The number of aliphatic hydroxyl groups excluding tert-OH is 1. The fourth-order valence-electron chi connectivity index (χ4n) is 5.61. The second-order valence-electron chi connectivity index (χ2n) is 10.0. The molecule has 0 bridgehead atoms. The molecule has 1 amide bonds. The normalized spacial score (nSPS) is 26.9. The fourth-order valence-corrected chi connectivity index (χ4v) is 5.94. The van der Waals surface area contributed by atoms with E-state index in [-0.39, 0.29) is 36.2 Å². The van der Waals surface area contributed by atoms with Gasteiger partial charge in [0.2, 0.25) is 5.91 Å². The minimum atomic E-state index is -1.11. The van der Waals surface area contributed by atoms with Crippen LogP contribution < -0.4 is 0 Å². The lowest BCUT2D eigenvalue weighted by Crippen LogP contribution is -2.59. The molecule has 5 nitrogen and oxygen atoms in total. The lowest BCUT2D eigenvalue weighted by molar-refractivity contribution is -0.164. The Kier molecular flexibility index (Phi) is 7.28. The van der Waals surface area contributed by atoms with E-state index in [1.807, 2.05) is 54.3 Å². The highest BCUT2D eigenvalue weighted by molar-refractivity contribution is 6.30. The van der Waals surface area contributed by atoms with Crippen LogP contribution in [0.2, 0.25) is 10.0 Å². The van der Waals surface area contributed by atoms with Crippen molar-refractivity contribution in [1.82, 2.24) is 4.90 Å². The molecule has 0 aromatic heterocycles. The van der Waals surface area contributed by atoms with Gasteiger partial charge in [-0.15, -0.1) is 0 Å². The largest absolute Gasteiger partial charge is 0.481 e. The number of carbonyl (C=O) groups excluding carboxylic acids is 1. The molecule has 5 atom stereocenters. The van der Waals surface area contributed by atoms with Crippen LogP contribution in [0.1, 0.15) is 69.0 Å². The van der Waals surface area contributed by atoms with Crippen LogP contribution in [0.3, 0.4) is 0 Å². The molecule has 1 saturated heterocycles. The van der Waals surface area contributed by atoms with E-state index in [9.17, 15) is 19.8 Å². The first-order valence-corrected chi connectivity index (χ1v) is 12.6. The van der Waals surface area contributed by atoms with Gasteiger partial charge in [0, 0.05) is 16.0 Å². The SMILES string of the molecule is CC[C@H](O)[C@H](C1CC1)N1C(=O)[C@@](C)(CC(=O)O)C[C@H](c2cccc(Cl)c2)[C@H]1c1ccc(Cl)cc1. The Morgan fingerprint density at radius 2 is 1.79 bits per heavy atom. The van der Waals surface area contributed by atoms with E-state index in [4.69, 9.17) is 23.2 Å². The first kappa shape index (κ1) is 25.0. The molecule has 34 heavy (non-hydrogen) atoms. The molecule has 0 unspecified atom stereocenters. The minimum absolute atomic E-state index is 0.195. The number of carbonyl (C=O) groups is 2. The molecule has 2 N–H and O–H groups in total. The van der Waals surface area contributed by atoms with Gasteiger partial charge in [-0.25, -0.2) is 0 Å². The first-order chi connectivity index (χ1) is 16.1. The maximum atomic E-state index is 14.2. The van der Waals surface area contributed by atoms with E-state index in [1.54, 1.807) is 13.0 Å². The third-order valence-corrected chi connectivity index (χ3v) is 7.86. The molecule has 2 fully saturated rings. The van der Waals surface area contributed by atoms with Gasteiger partial charge in [-0.05, 0) is 67.0 Å². The van der Waals surface area contributed by atoms with Gasteiger partial charge in [0.1, 0.15) is 0 Å². The predicted octanol–water partition coefficient (Wildman–Crippen LogP) is 6.08. The van der Waals surface area contributed by atoms with E-state index in [1.165, 1.54) is 0 Å². The van der Waals surface area contributed by atoms with Crippen molar-refractivity contribution in [2.45, 2.75) is 70.1 Å². The summed E-state index contributed by atoms with van der Waals surface area (Å²) in [5, 5.41) is 22.0. The van der Waals surface area contributed by atoms with Crippen molar-refractivity contribution in [1.29, 1.82) is 0 Å². The van der Waals surface area contributed by atoms with Crippen LogP contribution in [0.25, 0.3) is 0 Å². The van der Waals surface area contributed by atoms with Gasteiger partial charge in [0.25, 0.3) is 0 Å². The summed E-state index contributed by atoms with van der Waals surface area (Å²) in [6, 6.07) is 14.3. The van der Waals surface area contributed by atoms with E-state index < -0.39 is 17.5 Å². The van der Waals surface area contributed by atoms with Gasteiger partial charge in [-0.2, -0.15) is 0 Å². The number of likely N-dealkylation sites (tertiary alicyclic amines) is 1. The Morgan fingerprint density at radius 1 is 1.12 bits per heavy atom. The number of rotatable bonds is 8. The summed E-state index contributed by atoms with van der Waals surface area (Å²) in [4.78, 5) is 27.9. The number of nitrogens with zero attached hydrogens (tertiary/aromatic N) is 1. The smallest absolute Gasteiger partial charge is 0.304 e. The van der Waals surface area contributed by atoms with Gasteiger partial charge in [-0.1, -0.05) is 61.3 Å². The molecule has 4 rings (SSSR count). The monoisotopic (exact) mass is 503 g/mol. The topological polar surface area (TPSA) is 77.8 Å². The van der Waals surface area contributed by atoms with Gasteiger partial charge >= 0.3 is 5.97 Å². The molecule has 0 radical (unpaired) electrons. The van der Waals surface area contributed by atoms with Crippen molar-refractivity contribution >= 4 is 35.1 Å². The highest BCUT2D eigenvalue weighted by atomic mass is 35.5. The number of amides is 1. The Morgan fingerprint density at radius 3 is 2.35 bits per heavy atom. The molecule has 2 aliphatic rings. The maximum Gasteiger partial charge on any atom is 0.304 e. The molecular weight excluding hydrogens is 473 g/mol. The molecule has 1 aliphatic heterocycles. The van der Waals surface area contributed by atoms with Crippen molar-refractivity contribution in [2.75, 3.05) is 0 Å². The van der Waals surface area contributed by atoms with Crippen LogP contribution in [0.5, 0.6) is 0 Å². The summed E-state index contributed by atoms with van der Waals surface area (Å²) in [6.07, 6.45) is 1.79. The third-order valence-electron chi connectivity index (χ3n) is 7.37. The van der Waals surface area contributed by atoms with Gasteiger partial charge in [0.05, 0.1) is 30.0 Å². The molecule has 2 aromatic rings. The Bertz CT molecular complexity index is 1050. The molecule has 7 heteroatoms. The van der Waals surface area contributed by atoms with E-state index in [2.05, 4.69) is 0 Å². The Balaban J connectivity index is 1.92. The van der Waals surface area contributed by atoms with Crippen LogP contribution in [-0.4, -0.2) is 39.1 Å². The van der Waals surface area contributed by atoms with Crippen LogP contribution in [-0.2, 0) is 9.59 Å². The van der Waals surface area contributed by atoms with Gasteiger partial charge < -0.3 is 15.1 Å². The molecule has 0 spiro atoms. The van der Waals surface area contributed by atoms with Crippen molar-refractivity contribution in [3.8, 4) is 0 Å². The number of halogens is 2. The molecule has 182 valence electrons. The lowest BCUT2D eigenvalue weighted by Gasteiger charge is -2.53. The lowest BCUT2D eigenvalue weighted by atomic mass is 9.66. The van der Waals surface area contributed by atoms with Crippen molar-refractivity contribution < 1.29 is 19.8 Å². The van der Waals surface area contributed by atoms with E-state index in [0.29, 0.717) is 22.9 Å². The van der Waals surface area contributed by atoms with E-state index in [0.717, 1.165) is 24.0 Å². The van der Waals surface area contributed by atoms with E-state index >= 15 is 0 Å². The summed E-state index contributed by atoms with van der Waals surface area (Å²) in [5.41, 5.74) is 0.749. The molecular formula is C27H31Cl2NO4. The van der Waals surface area contributed by atoms with Crippen LogP contribution in [0, 0.1) is 11.3 Å². The van der Waals surface area contributed by atoms with Crippen molar-refractivity contribution in [2.24, 2.45) is 11.3 Å². The Labute approximate surface area is 210 Å². The maximum absolute atomic E-state index is 14.2. The van der Waals surface area contributed by atoms with Gasteiger partial charge in [0.15, 0.2) is 0 Å². The Hall–Kier alpha value is -2.08. The van der Waals surface area contributed by atoms with Crippen molar-refractivity contribution in [3.63, 3.8) is 0 Å². The van der Waals surface area contributed by atoms with Gasteiger partial charge in [-0.3, -0.25) is 9.59 Å². The van der Waals surface area contributed by atoms with Crippen LogP contribution in [0.15, 0.2) is 48.5 Å². The summed E-state index contributed by atoms with van der Waals surface area (Å²) in [5.74, 6) is -1.23. The third kappa shape index (κ3) is 4.98. The summed E-state index contributed by atoms with van der Waals surface area (Å²) >= 11 is 12.5. The second kappa shape index (κ2) is 9.88. The average molecular weight is 504 g/mol. The number of aliphatic carboxylic acids is 1. The standard InChI is InChI=1S/C27H31Cl2NO4/c1-3-22(31)25(17-7-8-17)30-24(16-9-11-19(28)12-10-16)21(18-5-4-6-20(29)13-18)14-27(2,26(30)34)15-23(32)33/h4-6,9-13,17,21-22,24-25,31H,3,7-8,14-15H2,1-2H3,(H,32,33)/t21-,22+,24-,25+,27-/m1/s1. The fraction of sp³-hybridized carbons (Fsp3) is 0.481. The molecule has 1 saturated carbocycles. The summed E-state index contributed by atoms with van der Waals surface area (Å²) in [6.45, 7) is 3.66. The zero-order chi connectivity index (χ0) is 24.6. The summed E-state index contributed by atoms with van der Waals surface area (Å²) < 4.78 is 0. The number of piperidine rings is 1. The molecule has 1 heterocycles. The number of aliphatic hydroxyl groups is 1. The van der Waals surface area contributed by atoms with Crippen LogP contribution in [0.4, 0.5) is 0 Å².